The summed E-state index contributed by atoms with van der Waals surface area (Å²) in [6.45, 7) is 4.67. The Hall–Kier alpha value is -2.99. The maximum Gasteiger partial charge on any atom is 0.258 e. The molecule has 1 amide bonds. The first kappa shape index (κ1) is 18.8. The largest absolute Gasteiger partial charge is 0.366 e. The van der Waals surface area contributed by atoms with Crippen LogP contribution in [0.25, 0.3) is 21.9 Å². The van der Waals surface area contributed by atoms with E-state index in [4.69, 9.17) is 11.5 Å². The molecule has 1 heterocycles. The molecule has 1 aromatic heterocycles. The van der Waals surface area contributed by atoms with E-state index in [1.807, 2.05) is 13.8 Å². The Morgan fingerprint density at radius 3 is 2.33 bits per heavy atom. The maximum atomic E-state index is 13.4. The molecule has 0 aliphatic heterocycles. The Morgan fingerprint density at radius 1 is 1.11 bits per heavy atom. The number of halogens is 1. The van der Waals surface area contributed by atoms with Gasteiger partial charge in [0.15, 0.2) is 0 Å². The van der Waals surface area contributed by atoms with E-state index in [1.54, 1.807) is 34.9 Å². The summed E-state index contributed by atoms with van der Waals surface area (Å²) in [4.78, 5) is 24.7. The number of aromatic nitrogens is 1. The number of pyridine rings is 1. The third kappa shape index (κ3) is 3.48. The predicted octanol–water partition coefficient (Wildman–Crippen LogP) is 3.02. The van der Waals surface area contributed by atoms with Gasteiger partial charge in [-0.1, -0.05) is 26.0 Å². The van der Waals surface area contributed by atoms with Crippen molar-refractivity contribution in [1.29, 1.82) is 0 Å². The molecule has 4 N–H and O–H groups in total. The normalized spacial score (nSPS) is 11.3. The summed E-state index contributed by atoms with van der Waals surface area (Å²) in [5.74, 6) is -0.704. The minimum Gasteiger partial charge on any atom is -0.366 e. The molecule has 0 aliphatic carbocycles. The standard InChI is InChI=1S/C21H22FN3O2/c1-12(2)11-25-18(10-23)19(13-3-6-15(22)7-4-13)17-9-14(20(24)26)5-8-16(17)21(25)27/h3-9,12H,10-11,23H2,1-2H3,(H2,24,26). The highest BCUT2D eigenvalue weighted by atomic mass is 19.1. The lowest BCUT2D eigenvalue weighted by molar-refractivity contribution is 0.100. The Balaban J connectivity index is 2.48. The lowest BCUT2D eigenvalue weighted by atomic mass is 9.94. The minimum absolute atomic E-state index is 0.130. The molecule has 0 saturated carbocycles. The lowest BCUT2D eigenvalue weighted by Crippen LogP contribution is -2.28. The van der Waals surface area contributed by atoms with Crippen LogP contribution in [0.1, 0.15) is 29.9 Å². The summed E-state index contributed by atoms with van der Waals surface area (Å²) in [6, 6.07) is 10.8. The molecule has 0 aliphatic rings. The van der Waals surface area contributed by atoms with Gasteiger partial charge in [0.25, 0.3) is 5.56 Å². The van der Waals surface area contributed by atoms with E-state index in [0.29, 0.717) is 28.6 Å². The Bertz CT molecular complexity index is 1070. The quantitative estimate of drug-likeness (QED) is 0.726. The van der Waals surface area contributed by atoms with Gasteiger partial charge in [0, 0.05) is 35.3 Å². The topological polar surface area (TPSA) is 91.1 Å². The van der Waals surface area contributed by atoms with Gasteiger partial charge < -0.3 is 16.0 Å². The second kappa shape index (κ2) is 7.32. The number of carbonyl (C=O) groups excluding carboxylic acids is 1. The molecule has 3 rings (SSSR count). The van der Waals surface area contributed by atoms with Crippen molar-refractivity contribution in [3.63, 3.8) is 0 Å². The van der Waals surface area contributed by atoms with Gasteiger partial charge in [0.2, 0.25) is 5.91 Å². The van der Waals surface area contributed by atoms with Crippen molar-refractivity contribution >= 4 is 16.7 Å². The van der Waals surface area contributed by atoms with Gasteiger partial charge in [-0.3, -0.25) is 9.59 Å². The molecule has 140 valence electrons. The highest BCUT2D eigenvalue weighted by Gasteiger charge is 2.19. The second-order valence-corrected chi connectivity index (χ2v) is 6.97. The van der Waals surface area contributed by atoms with Crippen molar-refractivity contribution in [1.82, 2.24) is 4.57 Å². The number of hydrogen-bond donors (Lipinski definition) is 2. The third-order valence-corrected chi connectivity index (χ3v) is 4.54. The van der Waals surface area contributed by atoms with Gasteiger partial charge in [-0.05, 0) is 47.2 Å². The van der Waals surface area contributed by atoms with Gasteiger partial charge >= 0.3 is 0 Å². The average Bonchev–Trinajstić information content (AvgIpc) is 2.63. The van der Waals surface area contributed by atoms with E-state index >= 15 is 0 Å². The van der Waals surface area contributed by atoms with Crippen molar-refractivity contribution in [2.75, 3.05) is 0 Å². The average molecular weight is 367 g/mol. The molecule has 6 heteroatoms. The van der Waals surface area contributed by atoms with Crippen LogP contribution in [0.4, 0.5) is 4.39 Å². The third-order valence-electron chi connectivity index (χ3n) is 4.54. The molecule has 0 bridgehead atoms. The fraction of sp³-hybridized carbons (Fsp3) is 0.238. The minimum atomic E-state index is -0.581. The molecular formula is C21H22FN3O2. The van der Waals surface area contributed by atoms with E-state index in [2.05, 4.69) is 0 Å². The van der Waals surface area contributed by atoms with Crippen LogP contribution in [0, 0.1) is 11.7 Å². The van der Waals surface area contributed by atoms with Crippen LogP contribution >= 0.6 is 0 Å². The molecule has 5 nitrogen and oxygen atoms in total. The monoisotopic (exact) mass is 367 g/mol. The lowest BCUT2D eigenvalue weighted by Gasteiger charge is -2.21. The summed E-state index contributed by atoms with van der Waals surface area (Å²) in [5.41, 5.74) is 13.7. The van der Waals surface area contributed by atoms with Crippen molar-refractivity contribution in [2.24, 2.45) is 17.4 Å². The summed E-state index contributed by atoms with van der Waals surface area (Å²) >= 11 is 0. The van der Waals surface area contributed by atoms with Gasteiger partial charge in [0.1, 0.15) is 5.82 Å². The molecule has 0 radical (unpaired) electrons. The van der Waals surface area contributed by atoms with Crippen LogP contribution in [-0.4, -0.2) is 10.5 Å². The number of amides is 1. The smallest absolute Gasteiger partial charge is 0.258 e. The number of hydrogen-bond acceptors (Lipinski definition) is 3. The number of primary amides is 1. The molecule has 2 aromatic carbocycles. The zero-order valence-corrected chi connectivity index (χ0v) is 15.3. The first-order valence-electron chi connectivity index (χ1n) is 8.78. The number of benzene rings is 2. The highest BCUT2D eigenvalue weighted by Crippen LogP contribution is 2.32. The molecule has 3 aromatic rings. The molecule has 27 heavy (non-hydrogen) atoms. The van der Waals surface area contributed by atoms with Gasteiger partial charge in [-0.25, -0.2) is 4.39 Å². The number of rotatable bonds is 5. The molecule has 0 fully saturated rings. The fourth-order valence-corrected chi connectivity index (χ4v) is 3.36. The van der Waals surface area contributed by atoms with Gasteiger partial charge in [-0.2, -0.15) is 0 Å². The first-order chi connectivity index (χ1) is 12.8. The Kier molecular flexibility index (Phi) is 5.10. The van der Waals surface area contributed by atoms with E-state index in [-0.39, 0.29) is 23.8 Å². The fourth-order valence-electron chi connectivity index (χ4n) is 3.36. The van der Waals surface area contributed by atoms with Gasteiger partial charge in [0.05, 0.1) is 0 Å². The summed E-state index contributed by atoms with van der Waals surface area (Å²) in [7, 11) is 0. The Morgan fingerprint density at radius 2 is 1.78 bits per heavy atom. The number of nitrogens with two attached hydrogens (primary N) is 2. The van der Waals surface area contributed by atoms with Gasteiger partial charge in [-0.15, -0.1) is 0 Å². The first-order valence-corrected chi connectivity index (χ1v) is 8.78. The SMILES string of the molecule is CC(C)Cn1c(CN)c(-c2ccc(F)cc2)c2cc(C(N)=O)ccc2c1=O. The molecular weight excluding hydrogens is 345 g/mol. The van der Waals surface area contributed by atoms with Crippen molar-refractivity contribution in [3.05, 3.63) is 69.9 Å². The zero-order chi connectivity index (χ0) is 19.7. The van der Waals surface area contributed by atoms with Crippen molar-refractivity contribution < 1.29 is 9.18 Å². The second-order valence-electron chi connectivity index (χ2n) is 6.97. The number of fused-ring (bicyclic) bond motifs is 1. The van der Waals surface area contributed by atoms with E-state index in [9.17, 15) is 14.0 Å². The van der Waals surface area contributed by atoms with E-state index < -0.39 is 5.91 Å². The molecule has 0 spiro atoms. The van der Waals surface area contributed by atoms with Crippen molar-refractivity contribution in [2.45, 2.75) is 26.9 Å². The molecule has 0 unspecified atom stereocenters. The predicted molar refractivity (Wildman–Crippen MR) is 105 cm³/mol. The van der Waals surface area contributed by atoms with Crippen molar-refractivity contribution in [3.8, 4) is 11.1 Å². The van der Waals surface area contributed by atoms with Crippen LogP contribution in [-0.2, 0) is 13.1 Å². The van der Waals surface area contributed by atoms with E-state index in [1.165, 1.54) is 12.1 Å². The summed E-state index contributed by atoms with van der Waals surface area (Å²) in [6.07, 6.45) is 0. The zero-order valence-electron chi connectivity index (χ0n) is 15.3. The molecule has 0 atom stereocenters. The Labute approximate surface area is 156 Å². The summed E-state index contributed by atoms with van der Waals surface area (Å²) < 4.78 is 15.1. The van der Waals surface area contributed by atoms with Crippen LogP contribution in [0.5, 0.6) is 0 Å². The number of nitrogens with zero attached hydrogens (tertiary/aromatic N) is 1. The maximum absolute atomic E-state index is 13.4. The number of carbonyl (C=O) groups is 1. The summed E-state index contributed by atoms with van der Waals surface area (Å²) in [5, 5.41) is 1.06. The highest BCUT2D eigenvalue weighted by molar-refractivity contribution is 6.03. The van der Waals surface area contributed by atoms with Crippen LogP contribution in [0.15, 0.2) is 47.3 Å². The van der Waals surface area contributed by atoms with Crippen LogP contribution in [0.3, 0.4) is 0 Å². The molecule has 0 saturated heterocycles. The van der Waals surface area contributed by atoms with Crippen LogP contribution < -0.4 is 17.0 Å². The van der Waals surface area contributed by atoms with E-state index in [0.717, 1.165) is 11.1 Å². The van der Waals surface area contributed by atoms with Crippen LogP contribution in [0.2, 0.25) is 0 Å².